The highest BCUT2D eigenvalue weighted by Crippen LogP contribution is 2.32. The van der Waals surface area contributed by atoms with Crippen LogP contribution in [0.15, 0.2) is 30.3 Å². The van der Waals surface area contributed by atoms with Gasteiger partial charge in [0.2, 0.25) is 5.91 Å². The van der Waals surface area contributed by atoms with Crippen LogP contribution >= 0.6 is 0 Å². The number of rotatable bonds is 5. The second kappa shape index (κ2) is 9.14. The lowest BCUT2D eigenvalue weighted by Gasteiger charge is -2.32. The summed E-state index contributed by atoms with van der Waals surface area (Å²) in [7, 11) is 7.38. The van der Waals surface area contributed by atoms with Crippen molar-refractivity contribution in [3.05, 3.63) is 47.4 Å². The summed E-state index contributed by atoms with van der Waals surface area (Å²) in [4.78, 5) is 40.4. The Labute approximate surface area is 189 Å². The summed E-state index contributed by atoms with van der Waals surface area (Å²) in [6.07, 6.45) is 2.12. The molecule has 32 heavy (non-hydrogen) atoms. The summed E-state index contributed by atoms with van der Waals surface area (Å²) in [6.45, 7) is 2.02. The van der Waals surface area contributed by atoms with Crippen LogP contribution in [0.4, 0.5) is 5.82 Å². The van der Waals surface area contributed by atoms with Crippen LogP contribution in [0, 0.1) is 0 Å². The minimum absolute atomic E-state index is 0.0264. The SMILES string of the molecule is COc1cccc(C(=O)N2CCC(c3nc([C@@H]4CC(=O)N(C)C4)cc(N(C)C)n3)CC2)c1. The third-order valence-corrected chi connectivity index (χ3v) is 6.43. The number of piperidine rings is 1. The van der Waals surface area contributed by atoms with Crippen LogP contribution in [-0.2, 0) is 4.79 Å². The lowest BCUT2D eigenvalue weighted by Crippen LogP contribution is -2.38. The Morgan fingerprint density at radius 1 is 1.12 bits per heavy atom. The molecule has 8 nitrogen and oxygen atoms in total. The average molecular weight is 438 g/mol. The lowest BCUT2D eigenvalue weighted by atomic mass is 9.94. The molecule has 8 heteroatoms. The molecule has 0 spiro atoms. The number of hydrogen-bond donors (Lipinski definition) is 0. The van der Waals surface area contributed by atoms with Gasteiger partial charge in [0.05, 0.1) is 12.8 Å². The summed E-state index contributed by atoms with van der Waals surface area (Å²) in [5, 5.41) is 0. The number of hydrogen-bond acceptors (Lipinski definition) is 6. The summed E-state index contributed by atoms with van der Waals surface area (Å²) in [6, 6.07) is 9.29. The van der Waals surface area contributed by atoms with Crippen molar-refractivity contribution in [2.45, 2.75) is 31.1 Å². The minimum Gasteiger partial charge on any atom is -0.497 e. The molecule has 0 aliphatic carbocycles. The van der Waals surface area contributed by atoms with Crippen molar-refractivity contribution in [1.82, 2.24) is 19.8 Å². The van der Waals surface area contributed by atoms with Crippen molar-refractivity contribution in [2.75, 3.05) is 52.8 Å². The van der Waals surface area contributed by atoms with E-state index in [4.69, 9.17) is 14.7 Å². The van der Waals surface area contributed by atoms with Crippen molar-refractivity contribution in [1.29, 1.82) is 0 Å². The smallest absolute Gasteiger partial charge is 0.253 e. The minimum atomic E-state index is 0.0264. The van der Waals surface area contributed by atoms with E-state index in [1.54, 1.807) is 18.1 Å². The summed E-state index contributed by atoms with van der Waals surface area (Å²) in [5.41, 5.74) is 1.58. The van der Waals surface area contributed by atoms with Crippen molar-refractivity contribution in [2.24, 2.45) is 0 Å². The van der Waals surface area contributed by atoms with Gasteiger partial charge in [0.25, 0.3) is 5.91 Å². The third kappa shape index (κ3) is 4.54. The third-order valence-electron chi connectivity index (χ3n) is 6.43. The molecule has 0 bridgehead atoms. The molecule has 0 N–H and O–H groups in total. The fraction of sp³-hybridized carbons (Fsp3) is 0.500. The van der Waals surface area contributed by atoms with Gasteiger partial charge < -0.3 is 19.4 Å². The highest BCUT2D eigenvalue weighted by atomic mass is 16.5. The molecule has 2 fully saturated rings. The number of benzene rings is 1. The van der Waals surface area contributed by atoms with E-state index in [0.717, 1.165) is 30.2 Å². The highest BCUT2D eigenvalue weighted by Gasteiger charge is 2.32. The van der Waals surface area contributed by atoms with Gasteiger partial charge in [0, 0.05) is 70.7 Å². The van der Waals surface area contributed by atoms with Gasteiger partial charge in [0.1, 0.15) is 17.4 Å². The van der Waals surface area contributed by atoms with Gasteiger partial charge in [-0.1, -0.05) is 6.07 Å². The Kier molecular flexibility index (Phi) is 6.30. The van der Waals surface area contributed by atoms with E-state index in [9.17, 15) is 9.59 Å². The predicted molar refractivity (Wildman–Crippen MR) is 122 cm³/mol. The van der Waals surface area contributed by atoms with E-state index in [-0.39, 0.29) is 23.7 Å². The fourth-order valence-corrected chi connectivity index (χ4v) is 4.43. The van der Waals surface area contributed by atoms with Gasteiger partial charge in [0.15, 0.2) is 0 Å². The first-order valence-corrected chi connectivity index (χ1v) is 11.1. The standard InChI is InChI=1S/C24H31N5O3/c1-27(2)21-14-20(18-13-22(30)28(3)15-18)25-23(26-21)16-8-10-29(11-9-16)24(31)17-6-5-7-19(12-17)32-4/h5-7,12,14,16,18H,8-11,13,15H2,1-4H3/t18-/m1/s1. The quantitative estimate of drug-likeness (QED) is 0.715. The number of aromatic nitrogens is 2. The normalized spacial score (nSPS) is 19.4. The van der Waals surface area contributed by atoms with Crippen molar-refractivity contribution >= 4 is 17.6 Å². The molecule has 1 aromatic carbocycles. The molecule has 0 radical (unpaired) electrons. The van der Waals surface area contributed by atoms with Crippen molar-refractivity contribution in [3.8, 4) is 5.75 Å². The van der Waals surface area contributed by atoms with Gasteiger partial charge in [-0.2, -0.15) is 0 Å². The molecule has 1 atom stereocenters. The molecule has 3 heterocycles. The number of methoxy groups -OCH3 is 1. The van der Waals surface area contributed by atoms with Crippen LogP contribution in [0.25, 0.3) is 0 Å². The van der Waals surface area contributed by atoms with E-state index in [1.807, 2.05) is 55.2 Å². The molecule has 2 aliphatic heterocycles. The van der Waals surface area contributed by atoms with Gasteiger partial charge in [-0.05, 0) is 31.0 Å². The van der Waals surface area contributed by atoms with Crippen LogP contribution in [0.3, 0.4) is 0 Å². The van der Waals surface area contributed by atoms with Crippen LogP contribution < -0.4 is 9.64 Å². The Balaban J connectivity index is 1.49. The zero-order valence-electron chi connectivity index (χ0n) is 19.2. The highest BCUT2D eigenvalue weighted by molar-refractivity contribution is 5.94. The van der Waals surface area contributed by atoms with E-state index in [2.05, 4.69) is 0 Å². The molecule has 0 saturated carbocycles. The number of nitrogens with zero attached hydrogens (tertiary/aromatic N) is 5. The Morgan fingerprint density at radius 3 is 2.50 bits per heavy atom. The number of likely N-dealkylation sites (tertiary alicyclic amines) is 2. The van der Waals surface area contributed by atoms with Crippen LogP contribution in [-0.4, -0.2) is 79.5 Å². The van der Waals surface area contributed by atoms with E-state index in [0.29, 0.717) is 37.4 Å². The molecule has 2 aliphatic rings. The number of carbonyl (C=O) groups excluding carboxylic acids is 2. The Hall–Kier alpha value is -3.16. The number of likely N-dealkylation sites (N-methyl/N-ethyl adjacent to an activating group) is 1. The van der Waals surface area contributed by atoms with Gasteiger partial charge in [-0.3, -0.25) is 9.59 Å². The van der Waals surface area contributed by atoms with Gasteiger partial charge >= 0.3 is 0 Å². The molecule has 4 rings (SSSR count). The lowest BCUT2D eigenvalue weighted by molar-refractivity contribution is -0.126. The maximum absolute atomic E-state index is 12.9. The maximum atomic E-state index is 12.9. The fourth-order valence-electron chi connectivity index (χ4n) is 4.43. The summed E-state index contributed by atoms with van der Waals surface area (Å²) < 4.78 is 5.25. The molecule has 2 amide bonds. The van der Waals surface area contributed by atoms with Gasteiger partial charge in [-0.25, -0.2) is 9.97 Å². The molecule has 2 aromatic rings. The van der Waals surface area contributed by atoms with Crippen LogP contribution in [0.1, 0.15) is 53.0 Å². The monoisotopic (exact) mass is 437 g/mol. The van der Waals surface area contributed by atoms with E-state index < -0.39 is 0 Å². The Morgan fingerprint density at radius 2 is 1.88 bits per heavy atom. The largest absolute Gasteiger partial charge is 0.497 e. The van der Waals surface area contributed by atoms with Crippen molar-refractivity contribution in [3.63, 3.8) is 0 Å². The van der Waals surface area contributed by atoms with Crippen LogP contribution in [0.5, 0.6) is 5.75 Å². The second-order valence-electron chi connectivity index (χ2n) is 8.88. The molecule has 170 valence electrons. The maximum Gasteiger partial charge on any atom is 0.253 e. The number of anilines is 1. The molecule has 1 aromatic heterocycles. The first kappa shape index (κ1) is 22.0. The van der Waals surface area contributed by atoms with E-state index >= 15 is 0 Å². The van der Waals surface area contributed by atoms with Crippen molar-refractivity contribution < 1.29 is 14.3 Å². The molecular weight excluding hydrogens is 406 g/mol. The number of ether oxygens (including phenoxy) is 1. The van der Waals surface area contributed by atoms with Gasteiger partial charge in [-0.15, -0.1) is 0 Å². The average Bonchev–Trinajstić information content (AvgIpc) is 3.16. The van der Waals surface area contributed by atoms with Crippen LogP contribution in [0.2, 0.25) is 0 Å². The number of carbonyl (C=O) groups is 2. The predicted octanol–water partition coefficient (Wildman–Crippen LogP) is 2.52. The van der Waals surface area contributed by atoms with E-state index in [1.165, 1.54) is 0 Å². The summed E-state index contributed by atoms with van der Waals surface area (Å²) in [5.74, 6) is 2.84. The molecule has 2 saturated heterocycles. The topological polar surface area (TPSA) is 78.9 Å². The molecule has 0 unspecified atom stereocenters. The Bertz CT molecular complexity index is 1000. The zero-order valence-corrected chi connectivity index (χ0v) is 19.2. The molecular formula is C24H31N5O3. The second-order valence-corrected chi connectivity index (χ2v) is 8.88. The summed E-state index contributed by atoms with van der Waals surface area (Å²) >= 11 is 0. The first-order chi connectivity index (χ1) is 15.4. The zero-order chi connectivity index (χ0) is 22.8. The number of amides is 2. The first-order valence-electron chi connectivity index (χ1n) is 11.1.